The molecule has 0 radical (unpaired) electrons. The first-order valence-electron chi connectivity index (χ1n) is 11.6. The topological polar surface area (TPSA) is 140 Å². The summed E-state index contributed by atoms with van der Waals surface area (Å²) in [4.78, 5) is 26.8. The van der Waals surface area contributed by atoms with Crippen LogP contribution >= 0.6 is 0 Å². The van der Waals surface area contributed by atoms with Crippen LogP contribution in [0.3, 0.4) is 0 Å². The fourth-order valence-electron chi connectivity index (χ4n) is 5.58. The first kappa shape index (κ1) is 21.3. The van der Waals surface area contributed by atoms with Crippen LogP contribution in [0, 0.1) is 16.7 Å². The third kappa shape index (κ3) is 3.33. The zero-order chi connectivity index (χ0) is 24.2. The predicted molar refractivity (Wildman–Crippen MR) is 133 cm³/mol. The molecule has 35 heavy (non-hydrogen) atoms. The molecule has 4 heterocycles. The van der Waals surface area contributed by atoms with Gasteiger partial charge in [-0.25, -0.2) is 4.98 Å². The molecular weight excluding hydrogens is 440 g/mol. The zero-order valence-electron chi connectivity index (χ0n) is 19.1. The van der Waals surface area contributed by atoms with Gasteiger partial charge in [0.2, 0.25) is 5.95 Å². The Labute approximate surface area is 201 Å². The number of hydrogen-bond donors (Lipinski definition) is 3. The maximum Gasteiger partial charge on any atom is 0.264 e. The lowest BCUT2D eigenvalue weighted by atomic mass is 9.73. The number of rotatable bonds is 3. The normalized spacial score (nSPS) is 18.5. The Morgan fingerprint density at radius 3 is 2.83 bits per heavy atom. The van der Waals surface area contributed by atoms with Crippen molar-refractivity contribution in [3.63, 3.8) is 0 Å². The lowest BCUT2D eigenvalue weighted by Gasteiger charge is -2.42. The molecule has 1 aliphatic carbocycles. The second-order valence-electron chi connectivity index (χ2n) is 9.41. The number of nitrogens with two attached hydrogens (primary N) is 1. The van der Waals surface area contributed by atoms with Gasteiger partial charge in [-0.3, -0.25) is 14.9 Å². The van der Waals surface area contributed by atoms with Crippen LogP contribution in [0.25, 0.3) is 16.6 Å². The van der Waals surface area contributed by atoms with Gasteiger partial charge in [0.05, 0.1) is 5.69 Å². The van der Waals surface area contributed by atoms with Crippen LogP contribution in [-0.4, -0.2) is 38.2 Å². The molecule has 3 aromatic heterocycles. The molecule has 1 aliphatic heterocycles. The van der Waals surface area contributed by atoms with Crippen molar-refractivity contribution in [3.05, 3.63) is 87.6 Å². The van der Waals surface area contributed by atoms with Gasteiger partial charge in [-0.15, -0.1) is 0 Å². The van der Waals surface area contributed by atoms with Gasteiger partial charge in [0, 0.05) is 30.9 Å². The number of nitrogens with zero attached hydrogens (tertiary/aromatic N) is 5. The highest BCUT2D eigenvalue weighted by Crippen LogP contribution is 2.50. The molecule has 1 fully saturated rings. The molecule has 4 N–H and O–H groups in total. The number of piperidine rings is 1. The lowest BCUT2D eigenvalue weighted by Crippen LogP contribution is -2.45. The summed E-state index contributed by atoms with van der Waals surface area (Å²) >= 11 is 0. The van der Waals surface area contributed by atoms with Crippen LogP contribution in [0.4, 0.5) is 5.95 Å². The van der Waals surface area contributed by atoms with Gasteiger partial charge in [-0.2, -0.15) is 15.3 Å². The van der Waals surface area contributed by atoms with Crippen LogP contribution in [0.5, 0.6) is 0 Å². The van der Waals surface area contributed by atoms with Gasteiger partial charge >= 0.3 is 0 Å². The van der Waals surface area contributed by atoms with Crippen molar-refractivity contribution in [1.29, 1.82) is 5.26 Å². The summed E-state index contributed by atoms with van der Waals surface area (Å²) < 4.78 is 0. The first-order valence-corrected chi connectivity index (χ1v) is 11.6. The van der Waals surface area contributed by atoms with E-state index in [4.69, 9.17) is 11.0 Å². The maximum absolute atomic E-state index is 13.1. The molecule has 9 nitrogen and oxygen atoms in total. The summed E-state index contributed by atoms with van der Waals surface area (Å²) in [6.45, 7) is 5.62. The number of anilines is 1. The first-order chi connectivity index (χ1) is 17.0. The number of fused-ring (bicyclic) bond motifs is 2. The molecule has 0 amide bonds. The van der Waals surface area contributed by atoms with E-state index in [-0.39, 0.29) is 22.7 Å². The molecule has 0 unspecified atom stereocenters. The Balaban J connectivity index is 1.26. The SMILES string of the molecule is C=C(c1ccnc(C#N)c1)c1[nH]nc2nc(N3CCC4(CC3)Cc3ccccc3[C@H]4N)[nH]c(=O)c12. The fourth-order valence-corrected chi connectivity index (χ4v) is 5.58. The summed E-state index contributed by atoms with van der Waals surface area (Å²) in [5, 5.41) is 16.7. The van der Waals surface area contributed by atoms with Crippen LogP contribution in [0.15, 0.2) is 54.0 Å². The Morgan fingerprint density at radius 2 is 2.06 bits per heavy atom. The standard InChI is InChI=1S/C26H24N8O/c1-15(16-6-9-29-18(12-16)14-27)21-20-23(33-32-21)30-25(31-24(20)35)34-10-7-26(8-11-34)13-17-4-2-3-5-19(17)22(26)28/h2-6,9,12,22H,1,7-8,10-11,13,28H2,(H2,30,31,32,33,35)/t22-/m1/s1. The van der Waals surface area contributed by atoms with E-state index in [0.29, 0.717) is 33.8 Å². The van der Waals surface area contributed by atoms with E-state index in [9.17, 15) is 4.79 Å². The zero-order valence-corrected chi connectivity index (χ0v) is 19.1. The van der Waals surface area contributed by atoms with Crippen LogP contribution in [-0.2, 0) is 6.42 Å². The highest BCUT2D eigenvalue weighted by Gasteiger charge is 2.46. The predicted octanol–water partition coefficient (Wildman–Crippen LogP) is 2.82. The molecule has 0 bridgehead atoms. The number of benzene rings is 1. The monoisotopic (exact) mass is 464 g/mol. The highest BCUT2D eigenvalue weighted by atomic mass is 16.1. The van der Waals surface area contributed by atoms with Gasteiger partial charge < -0.3 is 10.6 Å². The minimum absolute atomic E-state index is 0.0324. The molecule has 6 rings (SSSR count). The minimum Gasteiger partial charge on any atom is -0.342 e. The smallest absolute Gasteiger partial charge is 0.264 e. The molecule has 1 atom stereocenters. The van der Waals surface area contributed by atoms with Crippen molar-refractivity contribution in [2.75, 3.05) is 18.0 Å². The Morgan fingerprint density at radius 1 is 1.26 bits per heavy atom. The van der Waals surface area contributed by atoms with Gasteiger partial charge in [-0.1, -0.05) is 30.8 Å². The van der Waals surface area contributed by atoms with Crippen molar-refractivity contribution in [2.24, 2.45) is 11.1 Å². The van der Waals surface area contributed by atoms with Crippen LogP contribution < -0.4 is 16.2 Å². The third-order valence-corrected chi connectivity index (χ3v) is 7.59. The van der Waals surface area contributed by atoms with E-state index in [1.807, 2.05) is 6.07 Å². The number of aromatic amines is 2. The molecule has 4 aromatic rings. The summed E-state index contributed by atoms with van der Waals surface area (Å²) in [5.74, 6) is 0.515. The van der Waals surface area contributed by atoms with E-state index >= 15 is 0 Å². The van der Waals surface area contributed by atoms with E-state index in [2.05, 4.69) is 60.9 Å². The van der Waals surface area contributed by atoms with Crippen molar-refractivity contribution in [1.82, 2.24) is 25.1 Å². The Bertz CT molecular complexity index is 1570. The Kier molecular flexibility index (Phi) is 4.79. The Hall–Kier alpha value is -4.29. The number of hydrogen-bond acceptors (Lipinski definition) is 7. The number of nitrogens with one attached hydrogen (secondary N) is 2. The molecular formula is C26H24N8O. The van der Waals surface area contributed by atoms with E-state index in [0.717, 1.165) is 32.4 Å². The second kappa shape index (κ2) is 7.89. The molecule has 1 saturated heterocycles. The number of H-pyrrole nitrogens is 2. The number of aromatic nitrogens is 5. The number of pyridine rings is 1. The number of nitriles is 1. The molecule has 9 heteroatoms. The van der Waals surface area contributed by atoms with Crippen molar-refractivity contribution in [3.8, 4) is 6.07 Å². The van der Waals surface area contributed by atoms with Gasteiger partial charge in [0.1, 0.15) is 17.1 Å². The van der Waals surface area contributed by atoms with Gasteiger partial charge in [-0.05, 0) is 53.5 Å². The van der Waals surface area contributed by atoms with Crippen molar-refractivity contribution in [2.45, 2.75) is 25.3 Å². The maximum atomic E-state index is 13.1. The average molecular weight is 465 g/mol. The second-order valence-corrected chi connectivity index (χ2v) is 9.41. The van der Waals surface area contributed by atoms with E-state index in [1.165, 1.54) is 17.3 Å². The summed E-state index contributed by atoms with van der Waals surface area (Å²) in [5.41, 5.74) is 11.4. The van der Waals surface area contributed by atoms with E-state index in [1.54, 1.807) is 12.1 Å². The molecule has 1 spiro atoms. The summed E-state index contributed by atoms with van der Waals surface area (Å²) in [6, 6.07) is 13.9. The molecule has 1 aromatic carbocycles. The van der Waals surface area contributed by atoms with Crippen LogP contribution in [0.1, 0.15) is 47.0 Å². The van der Waals surface area contributed by atoms with Crippen molar-refractivity contribution >= 4 is 22.6 Å². The lowest BCUT2D eigenvalue weighted by molar-refractivity contribution is 0.187. The van der Waals surface area contributed by atoms with Crippen LogP contribution in [0.2, 0.25) is 0 Å². The molecule has 174 valence electrons. The summed E-state index contributed by atoms with van der Waals surface area (Å²) in [7, 11) is 0. The molecule has 2 aliphatic rings. The van der Waals surface area contributed by atoms with Gasteiger partial charge in [0.25, 0.3) is 5.56 Å². The summed E-state index contributed by atoms with van der Waals surface area (Å²) in [6.07, 6.45) is 4.39. The quantitative estimate of drug-likeness (QED) is 0.423. The third-order valence-electron chi connectivity index (χ3n) is 7.59. The van der Waals surface area contributed by atoms with Gasteiger partial charge in [0.15, 0.2) is 5.65 Å². The highest BCUT2D eigenvalue weighted by molar-refractivity contribution is 5.92. The van der Waals surface area contributed by atoms with Crippen molar-refractivity contribution < 1.29 is 0 Å². The largest absolute Gasteiger partial charge is 0.342 e. The fraction of sp³-hybridized carbons (Fsp3) is 0.269. The average Bonchev–Trinajstić information content (AvgIpc) is 3.44. The van der Waals surface area contributed by atoms with E-state index < -0.39 is 0 Å². The molecule has 0 saturated carbocycles. The minimum atomic E-state index is -0.283.